The third-order valence-electron chi connectivity index (χ3n) is 5.35. The molecule has 3 atom stereocenters. The first kappa shape index (κ1) is 25.4. The summed E-state index contributed by atoms with van der Waals surface area (Å²) < 4.78 is 5.85. The number of rotatable bonds is 13. The molecule has 0 N–H and O–H groups in total. The summed E-state index contributed by atoms with van der Waals surface area (Å²) in [4.78, 5) is 17.4. The number of esters is 1. The maximum absolute atomic E-state index is 12.8. The second-order valence-corrected chi connectivity index (χ2v) is 9.05. The molecule has 0 amide bonds. The number of hydrogen-bond acceptors (Lipinski definition) is 3. The Labute approximate surface area is 179 Å². The minimum absolute atomic E-state index is 0.0285. The first-order valence-electron chi connectivity index (χ1n) is 11.6. The van der Waals surface area contributed by atoms with Crippen LogP contribution in [-0.2, 0) is 16.0 Å². The maximum atomic E-state index is 12.8. The Kier molecular flexibility index (Phi) is 11.9. The predicted molar refractivity (Wildman–Crippen MR) is 125 cm³/mol. The Morgan fingerprint density at radius 2 is 1.66 bits per heavy atom. The van der Waals surface area contributed by atoms with Crippen molar-refractivity contribution in [2.24, 2.45) is 16.8 Å². The first-order chi connectivity index (χ1) is 13.8. The van der Waals surface area contributed by atoms with Gasteiger partial charge in [-0.05, 0) is 48.1 Å². The van der Waals surface area contributed by atoms with Crippen molar-refractivity contribution in [3.8, 4) is 0 Å². The molecule has 0 aliphatic heterocycles. The van der Waals surface area contributed by atoms with Crippen LogP contribution in [0.3, 0.4) is 0 Å². The number of carbonyl (C=O) groups is 1. The van der Waals surface area contributed by atoms with Crippen LogP contribution >= 0.6 is 0 Å². The number of aliphatic imine (C=N–C) groups is 1. The lowest BCUT2D eigenvalue weighted by Crippen LogP contribution is -2.31. The van der Waals surface area contributed by atoms with Crippen molar-refractivity contribution in [2.75, 3.05) is 0 Å². The van der Waals surface area contributed by atoms with E-state index in [2.05, 4.69) is 63.9 Å². The summed E-state index contributed by atoms with van der Waals surface area (Å²) in [5, 5.41) is 0. The zero-order valence-electron chi connectivity index (χ0n) is 19.8. The van der Waals surface area contributed by atoms with Gasteiger partial charge in [0, 0.05) is 6.21 Å². The van der Waals surface area contributed by atoms with Crippen LogP contribution in [0.5, 0.6) is 0 Å². The van der Waals surface area contributed by atoms with Crippen LogP contribution in [0.4, 0.5) is 0 Å². The monoisotopic (exact) mass is 401 g/mol. The number of carbonyl (C=O) groups excluding carboxylic acids is 1. The topological polar surface area (TPSA) is 38.7 Å². The largest absolute Gasteiger partial charge is 0.461 e. The Hall–Kier alpha value is -1.64. The second kappa shape index (κ2) is 13.6. The Bertz CT molecular complexity index is 604. The first-order valence-corrected chi connectivity index (χ1v) is 11.6. The van der Waals surface area contributed by atoms with Crippen LogP contribution in [-0.4, -0.2) is 24.3 Å². The van der Waals surface area contributed by atoms with Crippen LogP contribution in [0.2, 0.25) is 0 Å². The summed E-state index contributed by atoms with van der Waals surface area (Å²) in [5.74, 6) is 0.791. The maximum Gasteiger partial charge on any atom is 0.331 e. The Morgan fingerprint density at radius 1 is 1.00 bits per heavy atom. The minimum atomic E-state index is -0.415. The van der Waals surface area contributed by atoms with Gasteiger partial charge in [-0.15, -0.1) is 0 Å². The standard InChI is InChI=1S/C26H43NO2/c1-8-10-12-24(11-9-2)29-26(28)25(20(5)6)27-18-21(7)17-22-13-15-23(16-14-22)19(3)4/h13-16,18-21,24-25H,8-12,17H2,1-7H3. The summed E-state index contributed by atoms with van der Waals surface area (Å²) >= 11 is 0. The molecule has 1 rings (SSSR count). The molecule has 3 nitrogen and oxygen atoms in total. The highest BCUT2D eigenvalue weighted by atomic mass is 16.5. The zero-order valence-corrected chi connectivity index (χ0v) is 19.8. The summed E-state index contributed by atoms with van der Waals surface area (Å²) in [6.07, 6.45) is 8.04. The van der Waals surface area contributed by atoms with E-state index in [4.69, 9.17) is 4.74 Å². The van der Waals surface area contributed by atoms with E-state index in [0.29, 0.717) is 5.92 Å². The normalized spacial score (nSPS) is 15.1. The molecular formula is C26H43NO2. The van der Waals surface area contributed by atoms with Gasteiger partial charge in [0.05, 0.1) is 0 Å². The van der Waals surface area contributed by atoms with Crippen LogP contribution in [0.1, 0.15) is 97.6 Å². The van der Waals surface area contributed by atoms with E-state index in [9.17, 15) is 4.79 Å². The molecule has 0 saturated heterocycles. The van der Waals surface area contributed by atoms with Gasteiger partial charge in [0.25, 0.3) is 0 Å². The summed E-state index contributed by atoms with van der Waals surface area (Å²) in [6.45, 7) is 15.0. The van der Waals surface area contributed by atoms with Crippen LogP contribution in [0.15, 0.2) is 29.3 Å². The molecule has 3 heteroatoms. The van der Waals surface area contributed by atoms with Gasteiger partial charge in [0.1, 0.15) is 12.1 Å². The molecule has 0 radical (unpaired) electrons. The van der Waals surface area contributed by atoms with Gasteiger partial charge in [-0.2, -0.15) is 0 Å². The smallest absolute Gasteiger partial charge is 0.331 e. The van der Waals surface area contributed by atoms with Crippen molar-refractivity contribution in [3.05, 3.63) is 35.4 Å². The number of unbranched alkanes of at least 4 members (excludes halogenated alkanes) is 1. The highest BCUT2D eigenvalue weighted by Crippen LogP contribution is 2.18. The van der Waals surface area contributed by atoms with E-state index in [1.807, 2.05) is 20.1 Å². The number of ether oxygens (including phenoxy) is 1. The van der Waals surface area contributed by atoms with Crippen molar-refractivity contribution < 1.29 is 9.53 Å². The number of benzene rings is 1. The molecule has 1 aromatic carbocycles. The third-order valence-corrected chi connectivity index (χ3v) is 5.35. The SMILES string of the molecule is CCCCC(CCC)OC(=O)C(N=CC(C)Cc1ccc(C(C)C)cc1)C(C)C. The Morgan fingerprint density at radius 3 is 2.17 bits per heavy atom. The van der Waals surface area contributed by atoms with E-state index < -0.39 is 6.04 Å². The molecule has 0 spiro atoms. The van der Waals surface area contributed by atoms with E-state index in [1.54, 1.807) is 0 Å². The lowest BCUT2D eigenvalue weighted by Gasteiger charge is -2.22. The molecule has 0 bridgehead atoms. The average molecular weight is 402 g/mol. The van der Waals surface area contributed by atoms with Crippen LogP contribution in [0.25, 0.3) is 0 Å². The minimum Gasteiger partial charge on any atom is -0.461 e. The van der Waals surface area contributed by atoms with E-state index in [-0.39, 0.29) is 23.9 Å². The van der Waals surface area contributed by atoms with E-state index in [1.165, 1.54) is 11.1 Å². The zero-order chi connectivity index (χ0) is 21.8. The lowest BCUT2D eigenvalue weighted by molar-refractivity contribution is -0.152. The quantitative estimate of drug-likeness (QED) is 0.264. The fraction of sp³-hybridized carbons (Fsp3) is 0.692. The van der Waals surface area contributed by atoms with Gasteiger partial charge < -0.3 is 4.74 Å². The van der Waals surface area contributed by atoms with Crippen molar-refractivity contribution in [1.29, 1.82) is 0 Å². The second-order valence-electron chi connectivity index (χ2n) is 9.05. The molecule has 29 heavy (non-hydrogen) atoms. The van der Waals surface area contributed by atoms with Gasteiger partial charge in [0.2, 0.25) is 0 Å². The van der Waals surface area contributed by atoms with Crippen LogP contribution < -0.4 is 0 Å². The molecule has 164 valence electrons. The summed E-state index contributed by atoms with van der Waals surface area (Å²) in [6, 6.07) is 8.42. The van der Waals surface area contributed by atoms with Crippen molar-refractivity contribution >= 4 is 12.2 Å². The number of nitrogens with zero attached hydrogens (tertiary/aromatic N) is 1. The summed E-state index contributed by atoms with van der Waals surface area (Å²) in [5.41, 5.74) is 2.67. The van der Waals surface area contributed by atoms with Crippen molar-refractivity contribution in [1.82, 2.24) is 0 Å². The third kappa shape index (κ3) is 9.60. The molecule has 0 saturated carbocycles. The molecule has 0 heterocycles. The Balaban J connectivity index is 2.70. The summed E-state index contributed by atoms with van der Waals surface area (Å²) in [7, 11) is 0. The van der Waals surface area contributed by atoms with Gasteiger partial charge in [-0.1, -0.05) is 92.0 Å². The lowest BCUT2D eigenvalue weighted by atomic mass is 9.97. The average Bonchev–Trinajstić information content (AvgIpc) is 2.66. The molecule has 0 aliphatic carbocycles. The fourth-order valence-corrected chi connectivity index (χ4v) is 3.46. The predicted octanol–water partition coefficient (Wildman–Crippen LogP) is 6.99. The van der Waals surface area contributed by atoms with Crippen molar-refractivity contribution in [2.45, 2.75) is 105 Å². The van der Waals surface area contributed by atoms with Gasteiger partial charge in [0.15, 0.2) is 0 Å². The molecule has 1 aromatic rings. The van der Waals surface area contributed by atoms with Gasteiger partial charge >= 0.3 is 5.97 Å². The highest BCUT2D eigenvalue weighted by Gasteiger charge is 2.25. The van der Waals surface area contributed by atoms with E-state index >= 15 is 0 Å². The van der Waals surface area contributed by atoms with E-state index in [0.717, 1.165) is 38.5 Å². The molecule has 0 fully saturated rings. The molecule has 3 unspecified atom stereocenters. The molecular weight excluding hydrogens is 358 g/mol. The van der Waals surface area contributed by atoms with Crippen molar-refractivity contribution in [3.63, 3.8) is 0 Å². The van der Waals surface area contributed by atoms with Gasteiger partial charge in [-0.3, -0.25) is 4.99 Å². The fourth-order valence-electron chi connectivity index (χ4n) is 3.46. The van der Waals surface area contributed by atoms with Crippen LogP contribution in [0, 0.1) is 11.8 Å². The molecule has 0 aromatic heterocycles. The number of hydrogen-bond donors (Lipinski definition) is 0. The highest BCUT2D eigenvalue weighted by molar-refractivity contribution is 5.78. The molecule has 0 aliphatic rings. The van der Waals surface area contributed by atoms with Gasteiger partial charge in [-0.25, -0.2) is 4.79 Å².